The van der Waals surface area contributed by atoms with Crippen LogP contribution in [0.4, 0.5) is 0 Å². The Kier molecular flexibility index (Phi) is 10.5. The zero-order valence-electron chi connectivity index (χ0n) is 12.6. The minimum absolute atomic E-state index is 0.193. The quantitative estimate of drug-likeness (QED) is 0.537. The Morgan fingerprint density at radius 2 is 1.50 bits per heavy atom. The van der Waals surface area contributed by atoms with Crippen LogP contribution in [0.1, 0.15) is 33.6 Å². The van der Waals surface area contributed by atoms with Gasteiger partial charge in [0.1, 0.15) is 0 Å². The van der Waals surface area contributed by atoms with Crippen molar-refractivity contribution in [3.8, 4) is 0 Å². The second-order valence-electron chi connectivity index (χ2n) is 4.01. The van der Waals surface area contributed by atoms with E-state index in [1.54, 1.807) is 0 Å². The fraction of sp³-hybridized carbons (Fsp3) is 0.833. The van der Waals surface area contributed by atoms with Crippen LogP contribution in [0.2, 0.25) is 6.04 Å². The average molecular weight is 306 g/mol. The normalized spacial score (nSPS) is 11.4. The molecule has 8 heteroatoms. The van der Waals surface area contributed by atoms with Crippen LogP contribution in [0.5, 0.6) is 0 Å². The lowest BCUT2D eigenvalue weighted by Gasteiger charge is -2.28. The Hall–Kier alpha value is -0.803. The van der Waals surface area contributed by atoms with Gasteiger partial charge in [0.05, 0.1) is 6.54 Å². The Labute approximate surface area is 121 Å². The second-order valence-corrected chi connectivity index (χ2v) is 6.74. The Morgan fingerprint density at radius 3 is 1.90 bits per heavy atom. The van der Waals surface area contributed by atoms with Crippen LogP contribution in [0, 0.1) is 0 Å². The molecule has 0 saturated heterocycles. The highest BCUT2D eigenvalue weighted by molar-refractivity contribution is 6.60. The molecule has 0 rings (SSSR count). The van der Waals surface area contributed by atoms with Crippen LogP contribution in [0.3, 0.4) is 0 Å². The van der Waals surface area contributed by atoms with Gasteiger partial charge in [0, 0.05) is 32.3 Å². The third-order valence-electron chi connectivity index (χ3n) is 2.44. The molecule has 118 valence electrons. The largest absolute Gasteiger partial charge is 0.500 e. The van der Waals surface area contributed by atoms with Gasteiger partial charge in [0.2, 0.25) is 11.8 Å². The number of carbonyl (C=O) groups excluding carboxylic acids is 2. The molecule has 0 radical (unpaired) electrons. The molecule has 0 saturated carbocycles. The lowest BCUT2D eigenvalue weighted by molar-refractivity contribution is -0.129. The van der Waals surface area contributed by atoms with E-state index in [0.29, 0.717) is 32.3 Å². The second kappa shape index (κ2) is 10.9. The Bertz CT molecular complexity index is 285. The van der Waals surface area contributed by atoms with E-state index < -0.39 is 14.7 Å². The van der Waals surface area contributed by atoms with Crippen molar-refractivity contribution in [2.75, 3.05) is 26.4 Å². The van der Waals surface area contributed by atoms with Gasteiger partial charge in [-0.05, 0) is 27.2 Å². The van der Waals surface area contributed by atoms with Gasteiger partial charge in [-0.2, -0.15) is 0 Å². The molecule has 0 spiro atoms. The van der Waals surface area contributed by atoms with Crippen molar-refractivity contribution in [2.24, 2.45) is 5.73 Å². The lowest BCUT2D eigenvalue weighted by Crippen LogP contribution is -2.46. The molecule has 3 N–H and O–H groups in total. The van der Waals surface area contributed by atoms with Crippen molar-refractivity contribution in [1.29, 1.82) is 0 Å². The van der Waals surface area contributed by atoms with Gasteiger partial charge < -0.3 is 19.0 Å². The molecule has 0 aliphatic rings. The fourth-order valence-electron chi connectivity index (χ4n) is 1.74. The number of nitrogens with two attached hydrogens (primary N) is 1. The molecule has 0 unspecified atom stereocenters. The number of nitrogens with one attached hydrogen (secondary N) is 1. The van der Waals surface area contributed by atoms with Crippen molar-refractivity contribution in [1.82, 2.24) is 5.32 Å². The molecule has 0 bridgehead atoms. The average Bonchev–Trinajstić information content (AvgIpc) is 2.39. The zero-order chi connectivity index (χ0) is 15.4. The Morgan fingerprint density at radius 1 is 1.00 bits per heavy atom. The highest BCUT2D eigenvalue weighted by atomic mass is 28.4. The summed E-state index contributed by atoms with van der Waals surface area (Å²) < 4.78 is 17.0. The number of amides is 2. The van der Waals surface area contributed by atoms with Crippen LogP contribution in [0.15, 0.2) is 0 Å². The maximum atomic E-state index is 11.5. The van der Waals surface area contributed by atoms with Gasteiger partial charge in [0.15, 0.2) is 0 Å². The summed E-state index contributed by atoms with van der Waals surface area (Å²) >= 11 is 0. The number of hydrogen-bond acceptors (Lipinski definition) is 6. The Balaban J connectivity index is 4.30. The van der Waals surface area contributed by atoms with E-state index in [4.69, 9.17) is 19.0 Å². The number of imide groups is 1. The highest BCUT2D eigenvalue weighted by Crippen LogP contribution is 2.19. The molecular weight excluding hydrogens is 280 g/mol. The predicted octanol–water partition coefficient (Wildman–Crippen LogP) is 0.417. The molecule has 0 aromatic rings. The summed E-state index contributed by atoms with van der Waals surface area (Å²) in [5, 5.41) is 2.20. The van der Waals surface area contributed by atoms with E-state index in [9.17, 15) is 9.59 Å². The maximum Gasteiger partial charge on any atom is 0.500 e. The lowest BCUT2D eigenvalue weighted by atomic mass is 10.3. The first-order chi connectivity index (χ1) is 9.53. The van der Waals surface area contributed by atoms with Crippen molar-refractivity contribution < 1.29 is 22.9 Å². The van der Waals surface area contributed by atoms with Crippen molar-refractivity contribution in [2.45, 2.75) is 39.7 Å². The van der Waals surface area contributed by atoms with Crippen molar-refractivity contribution in [3.05, 3.63) is 0 Å². The predicted molar refractivity (Wildman–Crippen MR) is 76.9 cm³/mol. The third kappa shape index (κ3) is 7.71. The number of carbonyl (C=O) groups is 2. The van der Waals surface area contributed by atoms with Gasteiger partial charge in [-0.1, -0.05) is 0 Å². The molecule has 0 fully saturated rings. The third-order valence-corrected chi connectivity index (χ3v) is 5.60. The molecular formula is C12H26N2O5Si. The first kappa shape index (κ1) is 19.2. The topological polar surface area (TPSA) is 99.9 Å². The highest BCUT2D eigenvalue weighted by Gasteiger charge is 2.39. The summed E-state index contributed by atoms with van der Waals surface area (Å²) in [7, 11) is -2.70. The van der Waals surface area contributed by atoms with E-state index >= 15 is 0 Å². The molecule has 2 amide bonds. The van der Waals surface area contributed by atoms with Crippen molar-refractivity contribution >= 4 is 20.6 Å². The van der Waals surface area contributed by atoms with E-state index in [1.165, 1.54) is 0 Å². The first-order valence-electron chi connectivity index (χ1n) is 6.98. The van der Waals surface area contributed by atoms with Crippen LogP contribution in [-0.4, -0.2) is 47.0 Å². The summed E-state index contributed by atoms with van der Waals surface area (Å²) in [6.07, 6.45) is 0.754. The van der Waals surface area contributed by atoms with Crippen LogP contribution in [-0.2, 0) is 22.9 Å². The molecule has 0 aromatic carbocycles. The van der Waals surface area contributed by atoms with Crippen molar-refractivity contribution in [3.63, 3.8) is 0 Å². The summed E-state index contributed by atoms with van der Waals surface area (Å²) in [5.41, 5.74) is 5.12. The minimum Gasteiger partial charge on any atom is -0.374 e. The number of hydrogen-bond donors (Lipinski definition) is 2. The standard InChI is InChI=1S/C12H26N2O5Si/c1-4-17-20(18-5-2,19-6-3)9-7-8-11(15)14-12(16)10-13/h4-10,13H2,1-3H3,(H,14,15,16). The van der Waals surface area contributed by atoms with E-state index in [-0.39, 0.29) is 18.9 Å². The summed E-state index contributed by atoms with van der Waals surface area (Å²) in [4.78, 5) is 22.4. The van der Waals surface area contributed by atoms with E-state index in [1.807, 2.05) is 20.8 Å². The monoisotopic (exact) mass is 306 g/mol. The van der Waals surface area contributed by atoms with Gasteiger partial charge in [-0.15, -0.1) is 0 Å². The molecule has 0 aliphatic heterocycles. The van der Waals surface area contributed by atoms with E-state index in [2.05, 4.69) is 5.32 Å². The molecule has 0 aromatic heterocycles. The van der Waals surface area contributed by atoms with Gasteiger partial charge in [-0.25, -0.2) is 0 Å². The van der Waals surface area contributed by atoms with Gasteiger partial charge >= 0.3 is 8.80 Å². The maximum absolute atomic E-state index is 11.5. The van der Waals surface area contributed by atoms with Gasteiger partial charge in [-0.3, -0.25) is 14.9 Å². The van der Waals surface area contributed by atoms with E-state index in [0.717, 1.165) is 0 Å². The summed E-state index contributed by atoms with van der Waals surface area (Å²) in [6, 6.07) is 0.548. The smallest absolute Gasteiger partial charge is 0.374 e. The number of rotatable bonds is 11. The zero-order valence-corrected chi connectivity index (χ0v) is 13.6. The SMILES string of the molecule is CCO[Si](CCCC(=O)NC(=O)CN)(OCC)OCC. The summed E-state index contributed by atoms with van der Waals surface area (Å²) in [6.45, 7) is 6.96. The molecule has 7 nitrogen and oxygen atoms in total. The van der Waals surface area contributed by atoms with Crippen LogP contribution < -0.4 is 11.1 Å². The first-order valence-corrected chi connectivity index (χ1v) is 8.91. The minimum atomic E-state index is -2.70. The molecule has 0 atom stereocenters. The summed E-state index contributed by atoms with van der Waals surface area (Å²) in [5.74, 6) is -0.814. The fourth-order valence-corrected chi connectivity index (χ4v) is 4.35. The molecule has 20 heavy (non-hydrogen) atoms. The van der Waals surface area contributed by atoms with Crippen LogP contribution in [0.25, 0.3) is 0 Å². The van der Waals surface area contributed by atoms with Gasteiger partial charge in [0.25, 0.3) is 0 Å². The molecule has 0 aliphatic carbocycles. The molecule has 0 heterocycles. The van der Waals surface area contributed by atoms with Crippen LogP contribution >= 0.6 is 0 Å².